The van der Waals surface area contributed by atoms with Crippen LogP contribution in [0.15, 0.2) is 53.5 Å². The summed E-state index contributed by atoms with van der Waals surface area (Å²) in [6.45, 7) is 10.1. The Morgan fingerprint density at radius 3 is 2.77 bits per heavy atom. The average molecular weight is 703 g/mol. The molecule has 10 heteroatoms. The van der Waals surface area contributed by atoms with Crippen molar-refractivity contribution >= 4 is 17.0 Å². The number of rotatable bonds is 6. The van der Waals surface area contributed by atoms with E-state index in [1.165, 1.54) is 11.1 Å². The molecule has 1 amide bonds. The van der Waals surface area contributed by atoms with Gasteiger partial charge in [-0.3, -0.25) is 9.59 Å². The Balaban J connectivity index is 1.20. The fourth-order valence-electron chi connectivity index (χ4n) is 10.4. The van der Waals surface area contributed by atoms with Gasteiger partial charge in [-0.1, -0.05) is 25.2 Å². The van der Waals surface area contributed by atoms with Crippen molar-refractivity contribution in [3.8, 4) is 11.5 Å². The zero-order valence-corrected chi connectivity index (χ0v) is 30.4. The number of nitrogens with zero attached hydrogens (tertiary/aromatic N) is 2. The lowest BCUT2D eigenvalue weighted by molar-refractivity contribution is -0.0454. The van der Waals surface area contributed by atoms with Gasteiger partial charge < -0.3 is 39.3 Å². The van der Waals surface area contributed by atoms with E-state index in [1.54, 1.807) is 0 Å². The number of phenolic OH excluding ortho intramolecular Hbond substituents is 1. The average Bonchev–Trinajstić information content (AvgIpc) is 3.71. The number of carbonyl (C=O) groups excluding carboxylic acids is 1. The van der Waals surface area contributed by atoms with E-state index in [4.69, 9.17) is 9.47 Å². The summed E-state index contributed by atoms with van der Waals surface area (Å²) in [5.41, 5.74) is 10.3. The van der Waals surface area contributed by atoms with Crippen LogP contribution in [-0.2, 0) is 23.1 Å². The molecule has 270 valence electrons. The minimum Gasteiger partial charge on any atom is -0.504 e. The summed E-state index contributed by atoms with van der Waals surface area (Å²) in [5, 5.41) is 26.0. The van der Waals surface area contributed by atoms with Crippen molar-refractivity contribution in [1.29, 1.82) is 0 Å². The highest BCUT2D eigenvalue weighted by Gasteiger charge is 2.64. The summed E-state index contributed by atoms with van der Waals surface area (Å²) in [6, 6.07) is 8.08. The van der Waals surface area contributed by atoms with E-state index < -0.39 is 17.6 Å². The number of fused-ring (bicyclic) bond motifs is 1. The number of nitrogens with one attached hydrogen (secondary N) is 2. The molecule has 1 unspecified atom stereocenters. The molecule has 1 fully saturated rings. The molecular formula is C42H46N4O6. The fourth-order valence-corrected chi connectivity index (χ4v) is 10.4. The maximum atomic E-state index is 14.1. The summed E-state index contributed by atoms with van der Waals surface area (Å²) < 4.78 is 14.3. The SMILES string of the molecule is Cc1cc(C)c(CNC(=O)c2cc3cc(C4=CCOCC4)cn3c(C(C)c3cc(O)c4c5c3C[C@@H]3[C@@H]6C=C[C@H](O)[C@H](O4)[C@]56CCN3C)c2C)c(=O)[nH]1. The summed E-state index contributed by atoms with van der Waals surface area (Å²) in [4.78, 5) is 32.2. The van der Waals surface area contributed by atoms with Crippen LogP contribution < -0.4 is 15.6 Å². The summed E-state index contributed by atoms with van der Waals surface area (Å²) in [6.07, 6.45) is 9.57. The van der Waals surface area contributed by atoms with Gasteiger partial charge in [0.25, 0.3) is 11.5 Å². The van der Waals surface area contributed by atoms with Crippen molar-refractivity contribution in [3.05, 3.63) is 115 Å². The van der Waals surface area contributed by atoms with E-state index in [0.29, 0.717) is 30.1 Å². The molecule has 1 saturated heterocycles. The smallest absolute Gasteiger partial charge is 0.253 e. The normalized spacial score (nSPS) is 26.5. The van der Waals surface area contributed by atoms with E-state index in [0.717, 1.165) is 70.5 Å². The number of aliphatic hydroxyl groups excluding tert-OH is 1. The first-order valence-corrected chi connectivity index (χ1v) is 18.5. The molecule has 3 aliphatic heterocycles. The van der Waals surface area contributed by atoms with Crippen molar-refractivity contribution < 1.29 is 24.5 Å². The molecule has 9 rings (SSSR count). The Morgan fingerprint density at radius 2 is 2.00 bits per heavy atom. The molecule has 4 N–H and O–H groups in total. The highest BCUT2D eigenvalue weighted by Crippen LogP contribution is 2.63. The number of aromatic hydroxyl groups is 1. The molecule has 5 aliphatic rings. The van der Waals surface area contributed by atoms with Gasteiger partial charge in [-0.2, -0.15) is 0 Å². The number of piperidine rings is 1. The highest BCUT2D eigenvalue weighted by molar-refractivity contribution is 5.97. The third-order valence-electron chi connectivity index (χ3n) is 12.9. The number of pyridine rings is 2. The van der Waals surface area contributed by atoms with Crippen molar-refractivity contribution in [2.45, 2.75) is 83.1 Å². The Labute approximate surface area is 302 Å². The van der Waals surface area contributed by atoms with E-state index in [-0.39, 0.29) is 41.6 Å². The fraction of sp³-hybridized carbons (Fsp3) is 0.429. The van der Waals surface area contributed by atoms with Crippen molar-refractivity contribution in [2.24, 2.45) is 5.92 Å². The highest BCUT2D eigenvalue weighted by atomic mass is 16.5. The number of aliphatic hydroxyl groups is 1. The first-order valence-electron chi connectivity index (χ1n) is 18.5. The van der Waals surface area contributed by atoms with Crippen molar-refractivity contribution in [2.75, 3.05) is 26.8 Å². The topological polar surface area (TPSA) is 129 Å². The predicted octanol–water partition coefficient (Wildman–Crippen LogP) is 4.95. The van der Waals surface area contributed by atoms with Crippen LogP contribution in [0.5, 0.6) is 11.5 Å². The van der Waals surface area contributed by atoms with Crippen LogP contribution in [0.4, 0.5) is 0 Å². The molecular weight excluding hydrogens is 656 g/mol. The molecule has 3 aromatic heterocycles. The molecule has 1 spiro atoms. The number of phenols is 1. The van der Waals surface area contributed by atoms with Gasteiger partial charge in [0.1, 0.15) is 12.2 Å². The number of aryl methyl sites for hydroxylation is 2. The number of ether oxygens (including phenoxy) is 2. The van der Waals surface area contributed by atoms with Gasteiger partial charge in [0, 0.05) is 69.6 Å². The molecule has 2 aliphatic carbocycles. The second-order valence-electron chi connectivity index (χ2n) is 15.6. The maximum Gasteiger partial charge on any atom is 0.253 e. The zero-order valence-electron chi connectivity index (χ0n) is 30.4. The first kappa shape index (κ1) is 33.2. The number of aromatic amines is 1. The van der Waals surface area contributed by atoms with Crippen molar-refractivity contribution in [1.82, 2.24) is 19.6 Å². The Kier molecular flexibility index (Phi) is 7.63. The number of carbonyl (C=O) groups is 1. The van der Waals surface area contributed by atoms with Gasteiger partial charge in [0.2, 0.25) is 0 Å². The Bertz CT molecular complexity index is 2300. The van der Waals surface area contributed by atoms with Crippen LogP contribution in [0.2, 0.25) is 0 Å². The standard InChI is InChI=1S/C42H46N4O6/c1-21-14-22(2)44-41(50)31(21)19-43-40(49)29-16-27-15-26(25-8-12-51-13-9-25)20-46(27)37(24(29)4)23(3)28-18-35(48)38-36-30(28)17-33-32-6-7-34(47)39(52-38)42(32,36)10-11-45(33)5/h6-8,14-16,18,20,23,32-34,39,47-48H,9-13,17,19H2,1-5H3,(H,43,49)(H,44,50)/t23?,32-,33+,34-,39-,42-/m0/s1. The molecule has 1 aromatic carbocycles. The molecule has 0 saturated carbocycles. The minimum absolute atomic E-state index is 0.0924. The van der Waals surface area contributed by atoms with Crippen molar-refractivity contribution in [3.63, 3.8) is 0 Å². The zero-order chi connectivity index (χ0) is 36.2. The Morgan fingerprint density at radius 1 is 1.17 bits per heavy atom. The number of H-pyrrole nitrogens is 1. The van der Waals surface area contributed by atoms with Gasteiger partial charge in [-0.15, -0.1) is 0 Å². The molecule has 6 heterocycles. The number of hydrogen-bond donors (Lipinski definition) is 4. The number of hydrogen-bond acceptors (Lipinski definition) is 7. The van der Waals surface area contributed by atoms with Gasteiger partial charge in [0.05, 0.1) is 13.2 Å². The minimum atomic E-state index is -0.756. The number of amides is 1. The van der Waals surface area contributed by atoms with Crippen LogP contribution in [-0.4, -0.2) is 75.5 Å². The first-order chi connectivity index (χ1) is 25.0. The second kappa shape index (κ2) is 11.9. The molecule has 2 bridgehead atoms. The molecule has 52 heavy (non-hydrogen) atoms. The van der Waals surface area contributed by atoms with Crippen LogP contribution in [0.1, 0.15) is 86.4 Å². The molecule has 0 radical (unpaired) electrons. The van der Waals surface area contributed by atoms with E-state index >= 15 is 0 Å². The number of likely N-dealkylation sites (tertiary alicyclic amines) is 1. The van der Waals surface area contributed by atoms with Crippen LogP contribution in [0, 0.1) is 26.7 Å². The number of likely N-dealkylation sites (N-methyl/N-ethyl adjacent to an activating group) is 1. The summed E-state index contributed by atoms with van der Waals surface area (Å²) in [7, 11) is 2.19. The Hall–Kier alpha value is -4.64. The van der Waals surface area contributed by atoms with Crippen LogP contribution in [0.25, 0.3) is 11.1 Å². The predicted molar refractivity (Wildman–Crippen MR) is 198 cm³/mol. The van der Waals surface area contributed by atoms with E-state index in [9.17, 15) is 19.8 Å². The van der Waals surface area contributed by atoms with Gasteiger partial charge in [0.15, 0.2) is 11.5 Å². The maximum absolute atomic E-state index is 14.1. The second-order valence-corrected chi connectivity index (χ2v) is 15.6. The molecule has 4 aromatic rings. The van der Waals surface area contributed by atoms with Gasteiger partial charge in [-0.05, 0) is 111 Å². The lowest BCUT2D eigenvalue weighted by Gasteiger charge is -2.56. The van der Waals surface area contributed by atoms with Crippen LogP contribution >= 0.6 is 0 Å². The third-order valence-corrected chi connectivity index (χ3v) is 12.9. The molecule has 10 nitrogen and oxygen atoms in total. The third kappa shape index (κ3) is 4.73. The lowest BCUT2D eigenvalue weighted by Crippen LogP contribution is -2.64. The van der Waals surface area contributed by atoms with E-state index in [2.05, 4.69) is 58.0 Å². The monoisotopic (exact) mass is 702 g/mol. The molecule has 6 atom stereocenters. The number of benzene rings is 1. The van der Waals surface area contributed by atoms with Crippen LogP contribution in [0.3, 0.4) is 0 Å². The van der Waals surface area contributed by atoms with E-state index in [1.807, 2.05) is 45.0 Å². The summed E-state index contributed by atoms with van der Waals surface area (Å²) >= 11 is 0. The van der Waals surface area contributed by atoms with Gasteiger partial charge in [-0.25, -0.2) is 0 Å². The lowest BCUT2D eigenvalue weighted by atomic mass is 9.52. The summed E-state index contributed by atoms with van der Waals surface area (Å²) in [5.74, 6) is 0.293. The van der Waals surface area contributed by atoms with Gasteiger partial charge >= 0.3 is 0 Å². The quantitative estimate of drug-likeness (QED) is 0.210. The number of aromatic nitrogens is 2. The largest absolute Gasteiger partial charge is 0.504 e.